The van der Waals surface area contributed by atoms with Gasteiger partial charge in [0.2, 0.25) is 0 Å². The molecule has 0 aromatic carbocycles. The van der Waals surface area contributed by atoms with Crippen LogP contribution in [0.15, 0.2) is 11.6 Å². The van der Waals surface area contributed by atoms with E-state index in [1.165, 1.54) is 24.8 Å². The zero-order valence-corrected chi connectivity index (χ0v) is 8.74. The van der Waals surface area contributed by atoms with Crippen LogP contribution < -0.4 is 0 Å². The van der Waals surface area contributed by atoms with Crippen molar-refractivity contribution in [3.8, 4) is 0 Å². The lowest BCUT2D eigenvalue weighted by Crippen LogP contribution is -2.11. The maximum absolute atomic E-state index is 9.46. The molecule has 2 aliphatic rings. The first-order valence-electron chi connectivity index (χ1n) is 5.84. The molecule has 0 spiro atoms. The molecule has 1 heterocycles. The molecule has 2 nitrogen and oxygen atoms in total. The minimum absolute atomic E-state index is 0.178. The number of ether oxygens (including phenoxy) is 1. The Morgan fingerprint density at radius 1 is 1.36 bits per heavy atom. The summed E-state index contributed by atoms with van der Waals surface area (Å²) < 4.78 is 5.58. The van der Waals surface area contributed by atoms with Crippen molar-refractivity contribution in [2.75, 3.05) is 6.61 Å². The van der Waals surface area contributed by atoms with Gasteiger partial charge in [-0.15, -0.1) is 0 Å². The predicted octanol–water partition coefficient (Wildman–Crippen LogP) is 2.42. The quantitative estimate of drug-likeness (QED) is 0.702. The molecule has 1 aliphatic heterocycles. The van der Waals surface area contributed by atoms with E-state index < -0.39 is 0 Å². The highest BCUT2D eigenvalue weighted by Gasteiger charge is 2.17. The van der Waals surface area contributed by atoms with E-state index in [0.29, 0.717) is 6.10 Å². The molecule has 2 atom stereocenters. The number of rotatable bonds is 3. The summed E-state index contributed by atoms with van der Waals surface area (Å²) in [7, 11) is 0. The molecule has 80 valence electrons. The summed E-state index contributed by atoms with van der Waals surface area (Å²) in [6.45, 7) is 0.951. The maximum atomic E-state index is 9.46. The van der Waals surface area contributed by atoms with Gasteiger partial charge in [0.1, 0.15) is 0 Å². The van der Waals surface area contributed by atoms with Crippen molar-refractivity contribution in [3.63, 3.8) is 0 Å². The van der Waals surface area contributed by atoms with Gasteiger partial charge in [-0.05, 0) is 44.9 Å². The Labute approximate surface area is 86.0 Å². The molecule has 0 radical (unpaired) electrons. The van der Waals surface area contributed by atoms with E-state index >= 15 is 0 Å². The van der Waals surface area contributed by atoms with Crippen LogP contribution in [0.2, 0.25) is 0 Å². The van der Waals surface area contributed by atoms with Gasteiger partial charge in [-0.2, -0.15) is 0 Å². The van der Waals surface area contributed by atoms with Crippen molar-refractivity contribution in [1.82, 2.24) is 0 Å². The molecule has 0 bridgehead atoms. The van der Waals surface area contributed by atoms with E-state index in [1.807, 2.05) is 0 Å². The number of aliphatic hydroxyl groups is 1. The Balaban J connectivity index is 1.73. The summed E-state index contributed by atoms with van der Waals surface area (Å²) in [5.41, 5.74) is 1.44. The van der Waals surface area contributed by atoms with E-state index in [-0.39, 0.29) is 6.10 Å². The molecule has 2 heteroatoms. The van der Waals surface area contributed by atoms with Crippen molar-refractivity contribution in [2.24, 2.45) is 0 Å². The summed E-state index contributed by atoms with van der Waals surface area (Å²) in [4.78, 5) is 0. The van der Waals surface area contributed by atoms with E-state index in [1.54, 1.807) is 0 Å². The van der Waals surface area contributed by atoms with Gasteiger partial charge in [0, 0.05) is 6.61 Å². The zero-order chi connectivity index (χ0) is 9.80. The van der Waals surface area contributed by atoms with E-state index in [9.17, 15) is 5.11 Å². The Morgan fingerprint density at radius 3 is 3.00 bits per heavy atom. The van der Waals surface area contributed by atoms with Gasteiger partial charge in [0.05, 0.1) is 12.2 Å². The van der Waals surface area contributed by atoms with Gasteiger partial charge < -0.3 is 9.84 Å². The van der Waals surface area contributed by atoms with Crippen LogP contribution in [-0.4, -0.2) is 23.9 Å². The van der Waals surface area contributed by atoms with Crippen molar-refractivity contribution in [1.29, 1.82) is 0 Å². The van der Waals surface area contributed by atoms with Crippen molar-refractivity contribution < 1.29 is 9.84 Å². The normalized spacial score (nSPS) is 33.1. The fourth-order valence-electron chi connectivity index (χ4n) is 2.40. The van der Waals surface area contributed by atoms with Gasteiger partial charge in [-0.3, -0.25) is 0 Å². The largest absolute Gasteiger partial charge is 0.389 e. The van der Waals surface area contributed by atoms with Crippen LogP contribution in [0, 0.1) is 0 Å². The fourth-order valence-corrected chi connectivity index (χ4v) is 2.40. The smallest absolute Gasteiger partial charge is 0.0723 e. The number of hydrogen-bond donors (Lipinski definition) is 1. The van der Waals surface area contributed by atoms with Crippen molar-refractivity contribution in [2.45, 2.75) is 57.2 Å². The first-order valence-corrected chi connectivity index (χ1v) is 5.84. The van der Waals surface area contributed by atoms with Crippen LogP contribution in [-0.2, 0) is 4.74 Å². The average Bonchev–Trinajstić information content (AvgIpc) is 2.67. The van der Waals surface area contributed by atoms with Gasteiger partial charge in [0.25, 0.3) is 0 Å². The fraction of sp³-hybridized carbons (Fsp3) is 0.833. The molecule has 1 saturated heterocycles. The van der Waals surface area contributed by atoms with E-state index in [4.69, 9.17) is 4.74 Å². The van der Waals surface area contributed by atoms with Gasteiger partial charge >= 0.3 is 0 Å². The van der Waals surface area contributed by atoms with Crippen LogP contribution >= 0.6 is 0 Å². The summed E-state index contributed by atoms with van der Waals surface area (Å²) in [6, 6.07) is 0. The minimum atomic E-state index is -0.178. The van der Waals surface area contributed by atoms with Crippen LogP contribution in [0.5, 0.6) is 0 Å². The number of aliphatic hydroxyl groups excluding tert-OH is 1. The molecular formula is C12H20O2. The van der Waals surface area contributed by atoms with Crippen molar-refractivity contribution in [3.05, 3.63) is 11.6 Å². The van der Waals surface area contributed by atoms with E-state index in [2.05, 4.69) is 6.08 Å². The number of hydrogen-bond acceptors (Lipinski definition) is 2. The molecule has 0 amide bonds. The minimum Gasteiger partial charge on any atom is -0.389 e. The zero-order valence-electron chi connectivity index (χ0n) is 8.74. The monoisotopic (exact) mass is 196 g/mol. The first kappa shape index (κ1) is 10.2. The highest BCUT2D eigenvalue weighted by Crippen LogP contribution is 2.25. The standard InChI is InChI=1S/C12H20O2/c13-11-4-1-3-10(9-11)6-7-12-5-2-8-14-12/h9,11-13H,1-8H2. The molecule has 2 unspecified atom stereocenters. The van der Waals surface area contributed by atoms with E-state index in [0.717, 1.165) is 32.3 Å². The SMILES string of the molecule is OC1C=C(CCC2CCCO2)CCC1. The second kappa shape index (κ2) is 4.94. The Bertz CT molecular complexity index is 204. The second-order valence-electron chi connectivity index (χ2n) is 4.46. The molecule has 1 N–H and O–H groups in total. The molecular weight excluding hydrogens is 176 g/mol. The molecule has 1 fully saturated rings. The second-order valence-corrected chi connectivity index (χ2v) is 4.46. The molecule has 2 rings (SSSR count). The molecule has 14 heavy (non-hydrogen) atoms. The van der Waals surface area contributed by atoms with Gasteiger partial charge in [0.15, 0.2) is 0 Å². The third-order valence-electron chi connectivity index (χ3n) is 3.24. The lowest BCUT2D eigenvalue weighted by molar-refractivity contribution is 0.104. The molecule has 0 aromatic rings. The van der Waals surface area contributed by atoms with Crippen LogP contribution in [0.1, 0.15) is 44.9 Å². The lowest BCUT2D eigenvalue weighted by atomic mass is 9.93. The van der Waals surface area contributed by atoms with Crippen LogP contribution in [0.25, 0.3) is 0 Å². The van der Waals surface area contributed by atoms with Gasteiger partial charge in [-0.25, -0.2) is 0 Å². The Kier molecular flexibility index (Phi) is 3.60. The summed E-state index contributed by atoms with van der Waals surface area (Å²) in [5, 5.41) is 9.46. The summed E-state index contributed by atoms with van der Waals surface area (Å²) in [5.74, 6) is 0. The molecule has 1 aliphatic carbocycles. The first-order chi connectivity index (χ1) is 6.84. The number of allylic oxidation sites excluding steroid dienone is 1. The summed E-state index contributed by atoms with van der Waals surface area (Å²) in [6.07, 6.45) is 10.4. The third-order valence-corrected chi connectivity index (χ3v) is 3.24. The van der Waals surface area contributed by atoms with Crippen LogP contribution in [0.3, 0.4) is 0 Å². The topological polar surface area (TPSA) is 29.5 Å². The third kappa shape index (κ3) is 2.82. The highest BCUT2D eigenvalue weighted by molar-refractivity contribution is 5.08. The Hall–Kier alpha value is -0.340. The average molecular weight is 196 g/mol. The van der Waals surface area contributed by atoms with Crippen LogP contribution in [0.4, 0.5) is 0 Å². The Morgan fingerprint density at radius 2 is 2.29 bits per heavy atom. The van der Waals surface area contributed by atoms with Gasteiger partial charge in [-0.1, -0.05) is 11.6 Å². The van der Waals surface area contributed by atoms with Crippen molar-refractivity contribution >= 4 is 0 Å². The molecule has 0 saturated carbocycles. The maximum Gasteiger partial charge on any atom is 0.0723 e. The lowest BCUT2D eigenvalue weighted by Gasteiger charge is -2.18. The highest BCUT2D eigenvalue weighted by atomic mass is 16.5. The molecule has 0 aromatic heterocycles. The summed E-state index contributed by atoms with van der Waals surface area (Å²) >= 11 is 0. The predicted molar refractivity (Wildman–Crippen MR) is 56.1 cm³/mol.